The van der Waals surface area contributed by atoms with Crippen LogP contribution in [0.3, 0.4) is 0 Å². The number of hydrogen-bond acceptors (Lipinski definition) is 2. The minimum Gasteiger partial charge on any atom is -0.247 e. The molecule has 218 valence electrons. The Labute approximate surface area is 272 Å². The lowest BCUT2D eigenvalue weighted by Crippen LogP contribution is -1.90. The molecule has 0 fully saturated rings. The number of nitrogens with zero attached hydrogens (tertiary/aromatic N) is 1. The Morgan fingerprint density at radius 2 is 0.957 bits per heavy atom. The Balaban J connectivity index is 1.22. The third-order valence-electron chi connectivity index (χ3n) is 9.52. The lowest BCUT2D eigenvalue weighted by molar-refractivity contribution is 1.32. The summed E-state index contributed by atoms with van der Waals surface area (Å²) in [5.74, 6) is 0. The van der Waals surface area contributed by atoms with Crippen molar-refractivity contribution in [2.75, 3.05) is 0 Å². The molecule has 2 heteroatoms. The van der Waals surface area contributed by atoms with Gasteiger partial charge < -0.3 is 0 Å². The molecule has 0 spiro atoms. The van der Waals surface area contributed by atoms with Crippen LogP contribution in [-0.4, -0.2) is 4.98 Å². The van der Waals surface area contributed by atoms with Gasteiger partial charge in [-0.25, -0.2) is 4.98 Å². The zero-order valence-electron chi connectivity index (χ0n) is 26.1. The predicted octanol–water partition coefficient (Wildman–Crippen LogP) is 12.8. The summed E-state index contributed by atoms with van der Waals surface area (Å²) in [5, 5.41) is 8.79. The first-order chi connectivity index (χ1) is 22.5. The molecular formula is C44H31NS. The third-order valence-corrected chi connectivity index (χ3v) is 10.8. The maximum atomic E-state index is 5.33. The van der Waals surface area contributed by atoms with Gasteiger partial charge in [-0.1, -0.05) is 121 Å². The summed E-state index contributed by atoms with van der Waals surface area (Å²) in [6.07, 6.45) is 0. The van der Waals surface area contributed by atoms with Crippen LogP contribution in [0.1, 0.15) is 16.7 Å². The zero-order valence-corrected chi connectivity index (χ0v) is 26.9. The summed E-state index contributed by atoms with van der Waals surface area (Å²) in [6.45, 7) is 6.66. The summed E-state index contributed by atoms with van der Waals surface area (Å²) in [7, 11) is 0. The summed E-state index contributed by atoms with van der Waals surface area (Å²) in [6, 6.07) is 48.8. The van der Waals surface area contributed by atoms with Gasteiger partial charge in [-0.2, -0.15) is 0 Å². The van der Waals surface area contributed by atoms with Gasteiger partial charge in [-0.15, -0.1) is 11.3 Å². The van der Waals surface area contributed by atoms with E-state index in [1.165, 1.54) is 86.0 Å². The van der Waals surface area contributed by atoms with Crippen LogP contribution in [0, 0.1) is 20.8 Å². The molecule has 0 aliphatic rings. The van der Waals surface area contributed by atoms with Gasteiger partial charge in [0.25, 0.3) is 0 Å². The van der Waals surface area contributed by atoms with Gasteiger partial charge >= 0.3 is 0 Å². The largest absolute Gasteiger partial charge is 0.247 e. The second kappa shape index (κ2) is 10.4. The molecule has 0 unspecified atom stereocenters. The van der Waals surface area contributed by atoms with E-state index in [1.807, 2.05) is 11.3 Å². The van der Waals surface area contributed by atoms with E-state index in [0.29, 0.717) is 0 Å². The topological polar surface area (TPSA) is 12.9 Å². The third kappa shape index (κ3) is 4.11. The summed E-state index contributed by atoms with van der Waals surface area (Å²) in [5.41, 5.74) is 12.3. The van der Waals surface area contributed by atoms with Crippen molar-refractivity contribution in [1.82, 2.24) is 4.98 Å². The fourth-order valence-corrected chi connectivity index (χ4v) is 8.97. The van der Waals surface area contributed by atoms with Gasteiger partial charge in [0.1, 0.15) is 0 Å². The van der Waals surface area contributed by atoms with E-state index in [4.69, 9.17) is 4.98 Å². The van der Waals surface area contributed by atoms with Crippen LogP contribution >= 0.6 is 11.3 Å². The fourth-order valence-electron chi connectivity index (χ4n) is 7.62. The van der Waals surface area contributed by atoms with E-state index in [1.54, 1.807) is 0 Å². The standard InChI is InChI=1S/C44H31NS/c1-26-23-27(2)41(28(3)24-26)39-20-10-19-38-37-18-9-17-31(43(37)46-44(38)39)29-11-8-12-30(25-29)40-22-21-36-34-15-5-4-13-32(34)33-14-6-7-16-35(33)42(36)45-40/h4-25H,1-3H3. The number of benzene rings is 7. The van der Waals surface area contributed by atoms with Crippen LogP contribution in [0.25, 0.3) is 86.1 Å². The number of aryl methyl sites for hydroxylation is 3. The Kier molecular flexibility index (Phi) is 6.10. The molecule has 46 heavy (non-hydrogen) atoms. The molecule has 0 aliphatic heterocycles. The Bertz CT molecular complexity index is 2620. The quantitative estimate of drug-likeness (QED) is 0.183. The maximum absolute atomic E-state index is 5.33. The van der Waals surface area contributed by atoms with Gasteiger partial charge in [-0.3, -0.25) is 0 Å². The van der Waals surface area contributed by atoms with Crippen molar-refractivity contribution in [1.29, 1.82) is 0 Å². The molecule has 0 radical (unpaired) electrons. The molecule has 1 nitrogen and oxygen atoms in total. The fraction of sp³-hybridized carbons (Fsp3) is 0.0682. The Morgan fingerprint density at radius 3 is 1.65 bits per heavy atom. The number of pyridine rings is 1. The Hall–Kier alpha value is -5.31. The van der Waals surface area contributed by atoms with Crippen molar-refractivity contribution in [3.8, 4) is 33.5 Å². The highest BCUT2D eigenvalue weighted by Gasteiger charge is 2.17. The van der Waals surface area contributed by atoms with E-state index < -0.39 is 0 Å². The monoisotopic (exact) mass is 605 g/mol. The van der Waals surface area contributed by atoms with Crippen molar-refractivity contribution in [3.63, 3.8) is 0 Å². The lowest BCUT2D eigenvalue weighted by Gasteiger charge is -2.12. The van der Waals surface area contributed by atoms with E-state index >= 15 is 0 Å². The average molecular weight is 606 g/mol. The second-order valence-corrected chi connectivity index (χ2v) is 13.5. The molecule has 0 atom stereocenters. The van der Waals surface area contributed by atoms with Crippen molar-refractivity contribution in [2.45, 2.75) is 20.8 Å². The number of hydrogen-bond donors (Lipinski definition) is 0. The molecular weight excluding hydrogens is 575 g/mol. The first-order valence-corrected chi connectivity index (χ1v) is 16.7. The van der Waals surface area contributed by atoms with Gasteiger partial charge in [0.2, 0.25) is 0 Å². The molecule has 0 saturated carbocycles. The highest BCUT2D eigenvalue weighted by molar-refractivity contribution is 7.26. The van der Waals surface area contributed by atoms with Gasteiger partial charge in [0.15, 0.2) is 0 Å². The minimum absolute atomic E-state index is 0.992. The van der Waals surface area contributed by atoms with E-state index in [0.717, 1.165) is 16.8 Å². The minimum atomic E-state index is 0.992. The summed E-state index contributed by atoms with van der Waals surface area (Å²) < 4.78 is 2.68. The molecule has 9 rings (SSSR count). The summed E-state index contributed by atoms with van der Waals surface area (Å²) in [4.78, 5) is 5.33. The number of rotatable bonds is 3. The van der Waals surface area contributed by atoms with Crippen LogP contribution in [-0.2, 0) is 0 Å². The van der Waals surface area contributed by atoms with Crippen molar-refractivity contribution < 1.29 is 0 Å². The van der Waals surface area contributed by atoms with Crippen LogP contribution in [0.15, 0.2) is 133 Å². The zero-order chi connectivity index (χ0) is 30.9. The molecule has 2 aromatic heterocycles. The van der Waals surface area contributed by atoms with Crippen molar-refractivity contribution in [2.24, 2.45) is 0 Å². The number of aromatic nitrogens is 1. The highest BCUT2D eigenvalue weighted by atomic mass is 32.1. The normalized spacial score (nSPS) is 11.8. The smallest absolute Gasteiger partial charge is 0.0794 e. The van der Waals surface area contributed by atoms with E-state index in [9.17, 15) is 0 Å². The van der Waals surface area contributed by atoms with E-state index in [2.05, 4.69) is 154 Å². The van der Waals surface area contributed by atoms with Crippen LogP contribution in [0.4, 0.5) is 0 Å². The molecule has 2 heterocycles. The Morgan fingerprint density at radius 1 is 0.435 bits per heavy atom. The molecule has 0 aliphatic carbocycles. The first-order valence-electron chi connectivity index (χ1n) is 15.9. The molecule has 9 aromatic rings. The highest BCUT2D eigenvalue weighted by Crippen LogP contribution is 2.45. The van der Waals surface area contributed by atoms with E-state index in [-0.39, 0.29) is 0 Å². The van der Waals surface area contributed by atoms with Crippen molar-refractivity contribution >= 4 is 64.0 Å². The van der Waals surface area contributed by atoms with Crippen molar-refractivity contribution in [3.05, 3.63) is 150 Å². The van der Waals surface area contributed by atoms with Gasteiger partial charge in [-0.05, 0) is 82.9 Å². The summed E-state index contributed by atoms with van der Waals surface area (Å²) >= 11 is 1.92. The predicted molar refractivity (Wildman–Crippen MR) is 200 cm³/mol. The molecule has 0 N–H and O–H groups in total. The number of thiophene rings is 1. The molecule has 0 amide bonds. The van der Waals surface area contributed by atoms with Crippen LogP contribution in [0.5, 0.6) is 0 Å². The molecule has 7 aromatic carbocycles. The SMILES string of the molecule is Cc1cc(C)c(-c2cccc3c2sc2c(-c4cccc(-c5ccc6c7ccccc7c7ccccc7c6n5)c4)cccc23)c(C)c1. The van der Waals surface area contributed by atoms with Crippen LogP contribution < -0.4 is 0 Å². The van der Waals surface area contributed by atoms with Gasteiger partial charge in [0, 0.05) is 42.1 Å². The lowest BCUT2D eigenvalue weighted by atomic mass is 9.93. The maximum Gasteiger partial charge on any atom is 0.0794 e. The molecule has 0 saturated heterocycles. The molecule has 0 bridgehead atoms. The average Bonchev–Trinajstić information content (AvgIpc) is 3.48. The first kappa shape index (κ1) is 27.0. The number of fused-ring (bicyclic) bond motifs is 9. The van der Waals surface area contributed by atoms with Gasteiger partial charge in [0.05, 0.1) is 11.2 Å². The second-order valence-electron chi connectivity index (χ2n) is 12.5. The van der Waals surface area contributed by atoms with Crippen LogP contribution in [0.2, 0.25) is 0 Å².